The average Bonchev–Trinajstić information content (AvgIpc) is 3.18. The number of piperidine rings is 1. The van der Waals surface area contributed by atoms with Crippen LogP contribution in [0, 0.1) is 0 Å². The van der Waals surface area contributed by atoms with Gasteiger partial charge in [-0.15, -0.1) is 0 Å². The molecule has 0 aliphatic carbocycles. The molecule has 2 aliphatic heterocycles. The minimum Gasteiger partial charge on any atom is -0.378 e. The van der Waals surface area contributed by atoms with E-state index >= 15 is 0 Å². The number of morpholine rings is 1. The van der Waals surface area contributed by atoms with E-state index in [4.69, 9.17) is 16.3 Å². The fraction of sp³-hybridized carbons (Fsp3) is 0.500. The molecule has 4 rings (SSSR count). The molecule has 1 amide bonds. The van der Waals surface area contributed by atoms with Gasteiger partial charge in [0.25, 0.3) is 0 Å². The lowest BCUT2D eigenvalue weighted by Crippen LogP contribution is -2.51. The van der Waals surface area contributed by atoms with Gasteiger partial charge in [0, 0.05) is 43.2 Å². The first-order valence-electron chi connectivity index (χ1n) is 9.51. The van der Waals surface area contributed by atoms with Crippen LogP contribution in [0.2, 0.25) is 5.02 Å². The largest absolute Gasteiger partial charge is 0.378 e. The number of rotatable bonds is 3. The Hall–Kier alpha value is -1.89. The Kier molecular flexibility index (Phi) is 5.48. The number of H-pyrrole nitrogens is 1. The smallest absolute Gasteiger partial charge is 0.219 e. The van der Waals surface area contributed by atoms with E-state index in [0.29, 0.717) is 17.7 Å². The molecule has 1 atom stereocenters. The van der Waals surface area contributed by atoms with E-state index in [2.05, 4.69) is 14.9 Å². The van der Waals surface area contributed by atoms with Gasteiger partial charge in [0.05, 0.1) is 31.1 Å². The van der Waals surface area contributed by atoms with Crippen LogP contribution < -0.4 is 0 Å². The number of aromatic nitrogens is 2. The molecule has 0 unspecified atom stereocenters. The lowest BCUT2D eigenvalue weighted by atomic mass is 10.00. The second-order valence-electron chi connectivity index (χ2n) is 7.26. The Morgan fingerprint density at radius 2 is 2.11 bits per heavy atom. The first-order chi connectivity index (χ1) is 13.1. The normalized spacial score (nSPS) is 22.1. The number of nitrogens with zero attached hydrogens (tertiary/aromatic N) is 3. The Labute approximate surface area is 164 Å². The van der Waals surface area contributed by atoms with Crippen LogP contribution in [0.5, 0.6) is 0 Å². The zero-order valence-corrected chi connectivity index (χ0v) is 16.3. The van der Waals surface area contributed by atoms with Crippen molar-refractivity contribution in [2.75, 3.05) is 32.8 Å². The summed E-state index contributed by atoms with van der Waals surface area (Å²) in [4.78, 5) is 24.2. The minimum atomic E-state index is 0.112. The van der Waals surface area contributed by atoms with E-state index in [1.54, 1.807) is 6.92 Å². The van der Waals surface area contributed by atoms with Crippen LogP contribution in [-0.2, 0) is 9.53 Å². The number of hydrogen-bond acceptors (Lipinski definition) is 4. The van der Waals surface area contributed by atoms with Gasteiger partial charge in [-0.05, 0) is 25.0 Å². The molecule has 2 fully saturated rings. The van der Waals surface area contributed by atoms with Crippen LogP contribution in [0.25, 0.3) is 11.3 Å². The van der Waals surface area contributed by atoms with Crippen molar-refractivity contribution in [2.45, 2.75) is 31.8 Å². The number of carbonyl (C=O) groups excluding carboxylic acids is 1. The van der Waals surface area contributed by atoms with Crippen molar-refractivity contribution >= 4 is 17.5 Å². The molecule has 2 aromatic rings. The topological polar surface area (TPSA) is 61.5 Å². The van der Waals surface area contributed by atoms with Gasteiger partial charge in [0.2, 0.25) is 5.91 Å². The zero-order valence-electron chi connectivity index (χ0n) is 15.5. The van der Waals surface area contributed by atoms with E-state index in [0.717, 1.165) is 56.2 Å². The molecule has 2 aliphatic rings. The summed E-state index contributed by atoms with van der Waals surface area (Å²) in [5.74, 6) is 1.10. The number of ether oxygens (including phenoxy) is 1. The molecule has 6 nitrogen and oxygen atoms in total. The molecule has 2 saturated heterocycles. The van der Waals surface area contributed by atoms with Crippen molar-refractivity contribution in [3.8, 4) is 11.3 Å². The molecule has 1 aromatic heterocycles. The van der Waals surface area contributed by atoms with Crippen molar-refractivity contribution in [3.05, 3.63) is 41.3 Å². The number of amides is 1. The van der Waals surface area contributed by atoms with E-state index in [-0.39, 0.29) is 11.9 Å². The minimum absolute atomic E-state index is 0.112. The molecular weight excluding hydrogens is 364 g/mol. The second kappa shape index (κ2) is 8.00. The number of carbonyl (C=O) groups is 1. The molecule has 0 bridgehead atoms. The molecule has 7 heteroatoms. The van der Waals surface area contributed by atoms with Gasteiger partial charge in [-0.1, -0.05) is 23.7 Å². The standard InChI is InChI=1S/C20H25ClN4O2/c1-14(26)24-7-5-17(6-8-24)25-9-10-27-13-19(25)20-22-12-18(23-20)15-3-2-4-16(21)11-15/h2-4,11-12,17,19H,5-10,13H2,1H3,(H,22,23)/t19-/m0/s1. The van der Waals surface area contributed by atoms with Gasteiger partial charge in [-0.2, -0.15) is 0 Å². The van der Waals surface area contributed by atoms with Gasteiger partial charge >= 0.3 is 0 Å². The van der Waals surface area contributed by atoms with Gasteiger partial charge in [-0.3, -0.25) is 9.69 Å². The molecule has 1 N–H and O–H groups in total. The maximum absolute atomic E-state index is 11.6. The molecule has 144 valence electrons. The van der Waals surface area contributed by atoms with Crippen LogP contribution in [0.3, 0.4) is 0 Å². The maximum atomic E-state index is 11.6. The Morgan fingerprint density at radius 1 is 1.30 bits per heavy atom. The summed E-state index contributed by atoms with van der Waals surface area (Å²) in [6.07, 6.45) is 3.86. The van der Waals surface area contributed by atoms with E-state index in [1.165, 1.54) is 0 Å². The molecule has 0 spiro atoms. The first kappa shape index (κ1) is 18.5. The van der Waals surface area contributed by atoms with Crippen LogP contribution in [0.1, 0.15) is 31.6 Å². The number of hydrogen-bond donors (Lipinski definition) is 1. The molecule has 3 heterocycles. The highest BCUT2D eigenvalue weighted by atomic mass is 35.5. The van der Waals surface area contributed by atoms with Gasteiger partial charge < -0.3 is 14.6 Å². The van der Waals surface area contributed by atoms with Gasteiger partial charge in [-0.25, -0.2) is 4.98 Å². The summed E-state index contributed by atoms with van der Waals surface area (Å²) in [5.41, 5.74) is 1.99. The number of benzene rings is 1. The number of nitrogens with one attached hydrogen (secondary N) is 1. The fourth-order valence-electron chi connectivity index (χ4n) is 4.11. The quantitative estimate of drug-likeness (QED) is 0.877. The summed E-state index contributed by atoms with van der Waals surface area (Å²) in [6, 6.07) is 8.33. The maximum Gasteiger partial charge on any atom is 0.219 e. The van der Waals surface area contributed by atoms with Crippen LogP contribution in [0.4, 0.5) is 0 Å². The molecule has 27 heavy (non-hydrogen) atoms. The van der Waals surface area contributed by atoms with E-state index < -0.39 is 0 Å². The number of likely N-dealkylation sites (tertiary alicyclic amines) is 1. The number of imidazole rings is 1. The molecular formula is C20H25ClN4O2. The summed E-state index contributed by atoms with van der Waals surface area (Å²) >= 11 is 6.12. The van der Waals surface area contributed by atoms with Crippen LogP contribution >= 0.6 is 11.6 Å². The highest BCUT2D eigenvalue weighted by Gasteiger charge is 2.34. The van der Waals surface area contributed by atoms with Crippen LogP contribution in [-0.4, -0.2) is 64.6 Å². The molecule has 0 radical (unpaired) electrons. The van der Waals surface area contributed by atoms with Crippen molar-refractivity contribution in [2.24, 2.45) is 0 Å². The SMILES string of the molecule is CC(=O)N1CCC(N2CCOC[C@H]2c2ncc(-c3cccc(Cl)c3)[nH]2)CC1. The Morgan fingerprint density at radius 3 is 2.85 bits per heavy atom. The third-order valence-corrected chi connectivity index (χ3v) is 5.83. The average molecular weight is 389 g/mol. The Bertz CT molecular complexity index is 801. The summed E-state index contributed by atoms with van der Waals surface area (Å²) < 4.78 is 5.76. The summed E-state index contributed by atoms with van der Waals surface area (Å²) in [6.45, 7) is 5.58. The van der Waals surface area contributed by atoms with E-state index in [1.807, 2.05) is 35.4 Å². The highest BCUT2D eigenvalue weighted by molar-refractivity contribution is 6.30. The molecule has 0 saturated carbocycles. The highest BCUT2D eigenvalue weighted by Crippen LogP contribution is 2.30. The summed E-state index contributed by atoms with van der Waals surface area (Å²) in [5, 5.41) is 0.712. The predicted octanol–water partition coefficient (Wildman–Crippen LogP) is 3.11. The lowest BCUT2D eigenvalue weighted by molar-refractivity contribution is -0.131. The first-order valence-corrected chi connectivity index (χ1v) is 9.89. The van der Waals surface area contributed by atoms with Crippen molar-refractivity contribution < 1.29 is 9.53 Å². The van der Waals surface area contributed by atoms with Gasteiger partial charge in [0.15, 0.2) is 0 Å². The second-order valence-corrected chi connectivity index (χ2v) is 7.69. The molecule has 1 aromatic carbocycles. The van der Waals surface area contributed by atoms with Crippen molar-refractivity contribution in [1.29, 1.82) is 0 Å². The van der Waals surface area contributed by atoms with Crippen LogP contribution in [0.15, 0.2) is 30.5 Å². The summed E-state index contributed by atoms with van der Waals surface area (Å²) in [7, 11) is 0. The fourth-order valence-corrected chi connectivity index (χ4v) is 4.30. The van der Waals surface area contributed by atoms with Gasteiger partial charge in [0.1, 0.15) is 5.82 Å². The Balaban J connectivity index is 1.51. The number of aromatic amines is 1. The lowest BCUT2D eigenvalue weighted by Gasteiger charge is -2.43. The predicted molar refractivity (Wildman–Crippen MR) is 105 cm³/mol. The number of halogens is 1. The van der Waals surface area contributed by atoms with Crippen molar-refractivity contribution in [3.63, 3.8) is 0 Å². The third kappa shape index (κ3) is 4.03. The van der Waals surface area contributed by atoms with E-state index in [9.17, 15) is 4.79 Å². The van der Waals surface area contributed by atoms with Crippen molar-refractivity contribution in [1.82, 2.24) is 19.8 Å². The third-order valence-electron chi connectivity index (χ3n) is 5.60. The zero-order chi connectivity index (χ0) is 18.8. The monoisotopic (exact) mass is 388 g/mol.